The molecule has 1 aromatic heterocycles. The van der Waals surface area contributed by atoms with E-state index in [9.17, 15) is 9.59 Å². The Bertz CT molecular complexity index is 495. The molecule has 1 aliphatic rings. The molecule has 18 heavy (non-hydrogen) atoms. The molecular weight excluding hydrogens is 234 g/mol. The van der Waals surface area contributed by atoms with Crippen LogP contribution in [0.1, 0.15) is 22.3 Å². The van der Waals surface area contributed by atoms with Gasteiger partial charge in [0.15, 0.2) is 0 Å². The van der Waals surface area contributed by atoms with Gasteiger partial charge in [0.2, 0.25) is 0 Å². The average molecular weight is 249 g/mol. The lowest BCUT2D eigenvalue weighted by molar-refractivity contribution is -0.138. The summed E-state index contributed by atoms with van der Waals surface area (Å²) < 4.78 is 0. The van der Waals surface area contributed by atoms with Crippen molar-refractivity contribution in [2.24, 2.45) is 11.7 Å². The summed E-state index contributed by atoms with van der Waals surface area (Å²) in [6.07, 6.45) is 1.77. The van der Waals surface area contributed by atoms with Crippen molar-refractivity contribution in [1.82, 2.24) is 4.98 Å². The molecule has 0 bridgehead atoms. The number of nitrogens with two attached hydrogens (primary N) is 1. The number of anilines is 1. The van der Waals surface area contributed by atoms with E-state index in [0.29, 0.717) is 24.5 Å². The number of carboxylic acids is 1. The molecule has 6 heteroatoms. The predicted molar refractivity (Wildman–Crippen MR) is 65.4 cm³/mol. The minimum atomic E-state index is -0.799. The van der Waals surface area contributed by atoms with Crippen molar-refractivity contribution in [3.05, 3.63) is 23.4 Å². The van der Waals surface area contributed by atoms with Crippen molar-refractivity contribution >= 4 is 17.7 Å². The average Bonchev–Trinajstić information content (AvgIpc) is 2.21. The van der Waals surface area contributed by atoms with Gasteiger partial charge in [-0.25, -0.2) is 4.98 Å². The number of carboxylic acid groups (broad SMARTS) is 1. The summed E-state index contributed by atoms with van der Waals surface area (Å²) in [6, 6.07) is 1.73. The van der Waals surface area contributed by atoms with Crippen molar-refractivity contribution in [1.29, 1.82) is 0 Å². The first-order valence-corrected chi connectivity index (χ1v) is 5.71. The normalized spacial score (nSPS) is 15.3. The predicted octanol–water partition coefficient (Wildman–Crippen LogP) is 0.400. The van der Waals surface area contributed by atoms with Crippen molar-refractivity contribution < 1.29 is 14.7 Å². The van der Waals surface area contributed by atoms with E-state index < -0.39 is 11.9 Å². The lowest BCUT2D eigenvalue weighted by Gasteiger charge is -2.40. The van der Waals surface area contributed by atoms with Gasteiger partial charge in [0.1, 0.15) is 5.82 Å². The Morgan fingerprint density at radius 1 is 1.56 bits per heavy atom. The molecule has 0 saturated carbocycles. The summed E-state index contributed by atoms with van der Waals surface area (Å²) >= 11 is 0. The zero-order valence-electron chi connectivity index (χ0n) is 10.1. The van der Waals surface area contributed by atoms with E-state index in [1.807, 2.05) is 4.90 Å². The summed E-state index contributed by atoms with van der Waals surface area (Å²) in [6.45, 7) is 3.01. The number of aryl methyl sites for hydroxylation is 1. The topological polar surface area (TPSA) is 96.5 Å². The molecule has 3 N–H and O–H groups in total. The quantitative estimate of drug-likeness (QED) is 0.805. The monoisotopic (exact) mass is 249 g/mol. The smallest absolute Gasteiger partial charge is 0.303 e. The van der Waals surface area contributed by atoms with Gasteiger partial charge in [-0.15, -0.1) is 0 Å². The highest BCUT2D eigenvalue weighted by Gasteiger charge is 2.31. The second kappa shape index (κ2) is 4.64. The van der Waals surface area contributed by atoms with E-state index in [-0.39, 0.29) is 12.3 Å². The van der Waals surface area contributed by atoms with Gasteiger partial charge in [0.25, 0.3) is 5.91 Å². The van der Waals surface area contributed by atoms with Crippen LogP contribution in [0.15, 0.2) is 12.3 Å². The van der Waals surface area contributed by atoms with E-state index in [4.69, 9.17) is 10.8 Å². The van der Waals surface area contributed by atoms with E-state index in [1.165, 1.54) is 0 Å². The number of aliphatic carboxylic acids is 1. The molecule has 0 unspecified atom stereocenters. The summed E-state index contributed by atoms with van der Waals surface area (Å²) in [7, 11) is 0. The first-order chi connectivity index (χ1) is 8.49. The van der Waals surface area contributed by atoms with Crippen LogP contribution in [0.25, 0.3) is 0 Å². The maximum Gasteiger partial charge on any atom is 0.303 e. The Labute approximate surface area is 104 Å². The van der Waals surface area contributed by atoms with Gasteiger partial charge >= 0.3 is 5.97 Å². The summed E-state index contributed by atoms with van der Waals surface area (Å²) in [5.74, 6) is -0.626. The van der Waals surface area contributed by atoms with E-state index in [2.05, 4.69) is 4.98 Å². The summed E-state index contributed by atoms with van der Waals surface area (Å²) in [5, 5.41) is 8.68. The molecule has 0 atom stereocenters. The Kier molecular flexibility index (Phi) is 3.18. The second-order valence-corrected chi connectivity index (χ2v) is 4.56. The third-order valence-corrected chi connectivity index (χ3v) is 3.11. The largest absolute Gasteiger partial charge is 0.481 e. The first-order valence-electron chi connectivity index (χ1n) is 5.71. The number of pyridine rings is 1. The van der Waals surface area contributed by atoms with E-state index in [1.54, 1.807) is 19.2 Å². The van der Waals surface area contributed by atoms with Crippen LogP contribution < -0.4 is 10.6 Å². The molecule has 0 spiro atoms. The maximum atomic E-state index is 11.4. The second-order valence-electron chi connectivity index (χ2n) is 4.56. The molecule has 1 fully saturated rings. The van der Waals surface area contributed by atoms with Crippen LogP contribution in [0, 0.1) is 12.8 Å². The molecule has 96 valence electrons. The van der Waals surface area contributed by atoms with Crippen molar-refractivity contribution in [3.63, 3.8) is 0 Å². The van der Waals surface area contributed by atoms with Gasteiger partial charge in [-0.1, -0.05) is 0 Å². The van der Waals surface area contributed by atoms with E-state index >= 15 is 0 Å². The molecule has 2 rings (SSSR count). The van der Waals surface area contributed by atoms with Crippen molar-refractivity contribution in [3.8, 4) is 0 Å². The maximum absolute atomic E-state index is 11.4. The number of carbonyl (C=O) groups excluding carboxylic acids is 1. The number of amides is 1. The number of hydrogen-bond donors (Lipinski definition) is 2. The molecule has 1 amide bonds. The van der Waals surface area contributed by atoms with Gasteiger partial charge in [0, 0.05) is 25.2 Å². The highest BCUT2D eigenvalue weighted by atomic mass is 16.4. The number of aromatic nitrogens is 1. The molecule has 1 aliphatic heterocycles. The van der Waals surface area contributed by atoms with Crippen LogP contribution in [-0.2, 0) is 4.79 Å². The zero-order valence-corrected chi connectivity index (χ0v) is 10.1. The molecule has 1 aromatic rings. The SMILES string of the molecule is Cc1ccnc(N2CC(CC(=O)O)C2)c1C(N)=O. The number of hydrogen-bond acceptors (Lipinski definition) is 4. The summed E-state index contributed by atoms with van der Waals surface area (Å²) in [5.41, 5.74) is 6.56. The third kappa shape index (κ3) is 2.27. The van der Waals surface area contributed by atoms with Crippen LogP contribution in [0.5, 0.6) is 0 Å². The van der Waals surface area contributed by atoms with Crippen molar-refractivity contribution in [2.75, 3.05) is 18.0 Å². The number of nitrogens with zero attached hydrogens (tertiary/aromatic N) is 2. The van der Waals surface area contributed by atoms with Crippen LogP contribution in [0.3, 0.4) is 0 Å². The van der Waals surface area contributed by atoms with Crippen LogP contribution >= 0.6 is 0 Å². The lowest BCUT2D eigenvalue weighted by atomic mass is 9.95. The standard InChI is InChI=1S/C12H15N3O3/c1-7-2-3-14-12(10(7)11(13)18)15-5-8(6-15)4-9(16)17/h2-3,8H,4-6H2,1H3,(H2,13,18)(H,16,17). The first kappa shape index (κ1) is 12.3. The number of carbonyl (C=O) groups is 2. The fourth-order valence-electron chi connectivity index (χ4n) is 2.21. The molecule has 0 aliphatic carbocycles. The van der Waals surface area contributed by atoms with Crippen LogP contribution in [0.4, 0.5) is 5.82 Å². The van der Waals surface area contributed by atoms with Gasteiger partial charge < -0.3 is 15.7 Å². The molecule has 0 radical (unpaired) electrons. The highest BCUT2D eigenvalue weighted by Crippen LogP contribution is 2.28. The molecular formula is C12H15N3O3. The number of rotatable bonds is 4. The third-order valence-electron chi connectivity index (χ3n) is 3.11. The van der Waals surface area contributed by atoms with Crippen molar-refractivity contribution in [2.45, 2.75) is 13.3 Å². The van der Waals surface area contributed by atoms with Gasteiger partial charge in [-0.3, -0.25) is 9.59 Å². The molecule has 0 aromatic carbocycles. The Morgan fingerprint density at radius 3 is 2.78 bits per heavy atom. The molecule has 1 saturated heterocycles. The fourth-order valence-corrected chi connectivity index (χ4v) is 2.21. The van der Waals surface area contributed by atoms with Gasteiger partial charge in [-0.05, 0) is 18.6 Å². The Morgan fingerprint density at radius 2 is 2.22 bits per heavy atom. The Hall–Kier alpha value is -2.11. The minimum Gasteiger partial charge on any atom is -0.481 e. The van der Waals surface area contributed by atoms with Gasteiger partial charge in [0.05, 0.1) is 12.0 Å². The summed E-state index contributed by atoms with van der Waals surface area (Å²) in [4.78, 5) is 28.0. The Balaban J connectivity index is 2.14. The van der Waals surface area contributed by atoms with Crippen LogP contribution in [0.2, 0.25) is 0 Å². The van der Waals surface area contributed by atoms with Crippen LogP contribution in [-0.4, -0.2) is 35.1 Å². The lowest BCUT2D eigenvalue weighted by Crippen LogP contribution is -2.48. The zero-order chi connectivity index (χ0) is 13.3. The fraction of sp³-hybridized carbons (Fsp3) is 0.417. The number of primary amides is 1. The van der Waals surface area contributed by atoms with Gasteiger partial charge in [-0.2, -0.15) is 0 Å². The molecule has 6 nitrogen and oxygen atoms in total. The molecule has 2 heterocycles. The highest BCUT2D eigenvalue weighted by molar-refractivity contribution is 5.99. The minimum absolute atomic E-state index is 0.116. The van der Waals surface area contributed by atoms with E-state index in [0.717, 1.165) is 5.56 Å².